The molecule has 1 heterocycles. The van der Waals surface area contributed by atoms with Crippen LogP contribution in [0, 0.1) is 0 Å². The van der Waals surface area contributed by atoms with E-state index in [0.717, 1.165) is 22.4 Å². The lowest BCUT2D eigenvalue weighted by atomic mass is 10.2. The summed E-state index contributed by atoms with van der Waals surface area (Å²) in [7, 11) is 0. The van der Waals surface area contributed by atoms with Gasteiger partial charge in [-0.15, -0.1) is 0 Å². The molecule has 3 nitrogen and oxygen atoms in total. The normalized spacial score (nSPS) is 14.8. The zero-order valence-corrected chi connectivity index (χ0v) is 12.7. The van der Waals surface area contributed by atoms with Gasteiger partial charge in [0.15, 0.2) is 0 Å². The Hall–Kier alpha value is -1.71. The van der Waals surface area contributed by atoms with Crippen molar-refractivity contribution < 1.29 is 0 Å². The number of anilines is 1. The summed E-state index contributed by atoms with van der Waals surface area (Å²) in [6, 6.07) is 11.9. The summed E-state index contributed by atoms with van der Waals surface area (Å²) in [5, 5.41) is 1.32. The van der Waals surface area contributed by atoms with Gasteiger partial charge >= 0.3 is 0 Å². The van der Waals surface area contributed by atoms with E-state index in [1.807, 2.05) is 30.3 Å². The number of nitrogen functional groups attached to an aromatic ring is 1. The van der Waals surface area contributed by atoms with Crippen LogP contribution >= 0.6 is 23.2 Å². The van der Waals surface area contributed by atoms with Crippen LogP contribution in [0.1, 0.15) is 18.9 Å². The standard InChI is InChI=1S/C16H13Cl2N3/c17-9-1-6-15-14(7-9)20-16(21(15)11-3-4-11)12-5-2-10(19)8-13(12)18/h1-2,5-8,11H,3-4,19H2. The quantitative estimate of drug-likeness (QED) is 0.681. The lowest BCUT2D eigenvalue weighted by Gasteiger charge is -2.09. The molecule has 2 aromatic carbocycles. The van der Waals surface area contributed by atoms with Crippen LogP contribution in [0.2, 0.25) is 10.0 Å². The van der Waals surface area contributed by atoms with Gasteiger partial charge in [-0.05, 0) is 49.2 Å². The first kappa shape index (κ1) is 13.0. The minimum atomic E-state index is 0.500. The van der Waals surface area contributed by atoms with E-state index in [-0.39, 0.29) is 0 Å². The number of nitrogens with zero attached hydrogens (tertiary/aromatic N) is 2. The molecular weight excluding hydrogens is 305 g/mol. The fourth-order valence-electron chi connectivity index (χ4n) is 2.68. The largest absolute Gasteiger partial charge is 0.399 e. The van der Waals surface area contributed by atoms with Crippen molar-refractivity contribution in [1.29, 1.82) is 0 Å². The van der Waals surface area contributed by atoms with Crippen molar-refractivity contribution in [2.45, 2.75) is 18.9 Å². The zero-order chi connectivity index (χ0) is 14.6. The Morgan fingerprint density at radius 2 is 1.90 bits per heavy atom. The molecule has 1 aliphatic rings. The van der Waals surface area contributed by atoms with E-state index in [4.69, 9.17) is 33.9 Å². The number of fused-ring (bicyclic) bond motifs is 1. The van der Waals surface area contributed by atoms with Crippen LogP contribution < -0.4 is 5.73 Å². The fourth-order valence-corrected chi connectivity index (χ4v) is 3.12. The lowest BCUT2D eigenvalue weighted by Crippen LogP contribution is -1.98. The molecule has 0 atom stereocenters. The van der Waals surface area contributed by atoms with Crippen molar-refractivity contribution in [2.75, 3.05) is 5.73 Å². The topological polar surface area (TPSA) is 43.8 Å². The third kappa shape index (κ3) is 2.17. The molecule has 5 heteroatoms. The number of imidazole rings is 1. The molecule has 0 saturated heterocycles. The van der Waals surface area contributed by atoms with Gasteiger partial charge in [-0.1, -0.05) is 23.2 Å². The van der Waals surface area contributed by atoms with Crippen LogP contribution in [0.5, 0.6) is 0 Å². The predicted molar refractivity (Wildman–Crippen MR) is 87.9 cm³/mol. The van der Waals surface area contributed by atoms with Crippen LogP contribution in [-0.2, 0) is 0 Å². The van der Waals surface area contributed by atoms with Gasteiger partial charge in [0.05, 0.1) is 16.1 Å². The van der Waals surface area contributed by atoms with Gasteiger partial charge in [-0.3, -0.25) is 0 Å². The van der Waals surface area contributed by atoms with Gasteiger partial charge in [-0.25, -0.2) is 4.98 Å². The van der Waals surface area contributed by atoms with Crippen molar-refractivity contribution in [1.82, 2.24) is 9.55 Å². The van der Waals surface area contributed by atoms with E-state index in [1.54, 1.807) is 6.07 Å². The molecule has 3 aromatic rings. The molecule has 1 aliphatic carbocycles. The maximum atomic E-state index is 6.36. The molecule has 21 heavy (non-hydrogen) atoms. The molecule has 0 spiro atoms. The molecule has 1 saturated carbocycles. The van der Waals surface area contributed by atoms with E-state index in [2.05, 4.69) is 4.57 Å². The van der Waals surface area contributed by atoms with Crippen LogP contribution in [0.4, 0.5) is 5.69 Å². The molecule has 0 amide bonds. The molecule has 0 radical (unpaired) electrons. The van der Waals surface area contributed by atoms with Gasteiger partial charge in [0.1, 0.15) is 5.82 Å². The van der Waals surface area contributed by atoms with Crippen LogP contribution in [0.3, 0.4) is 0 Å². The van der Waals surface area contributed by atoms with E-state index in [0.29, 0.717) is 21.8 Å². The molecule has 0 unspecified atom stereocenters. The third-order valence-electron chi connectivity index (χ3n) is 3.80. The summed E-state index contributed by atoms with van der Waals surface area (Å²) in [5.41, 5.74) is 9.34. The van der Waals surface area contributed by atoms with Crippen LogP contribution in [0.25, 0.3) is 22.4 Å². The maximum absolute atomic E-state index is 6.36. The summed E-state index contributed by atoms with van der Waals surface area (Å²) in [5.74, 6) is 0.889. The van der Waals surface area contributed by atoms with Crippen molar-refractivity contribution in [3.8, 4) is 11.4 Å². The van der Waals surface area contributed by atoms with Crippen molar-refractivity contribution in [3.63, 3.8) is 0 Å². The maximum Gasteiger partial charge on any atom is 0.142 e. The Morgan fingerprint density at radius 1 is 1.10 bits per heavy atom. The van der Waals surface area contributed by atoms with Crippen molar-refractivity contribution >= 4 is 39.9 Å². The summed E-state index contributed by atoms with van der Waals surface area (Å²) < 4.78 is 2.27. The summed E-state index contributed by atoms with van der Waals surface area (Å²) in [6.45, 7) is 0. The Balaban J connectivity index is 2.01. The van der Waals surface area contributed by atoms with Crippen molar-refractivity contribution in [3.05, 3.63) is 46.4 Å². The number of rotatable bonds is 2. The van der Waals surface area contributed by atoms with Crippen LogP contribution in [0.15, 0.2) is 36.4 Å². The molecular formula is C16H13Cl2N3. The van der Waals surface area contributed by atoms with E-state index in [9.17, 15) is 0 Å². The number of halogens is 2. The van der Waals surface area contributed by atoms with Gasteiger partial charge in [-0.2, -0.15) is 0 Å². The first-order valence-corrected chi connectivity index (χ1v) is 7.62. The highest BCUT2D eigenvalue weighted by molar-refractivity contribution is 6.33. The fraction of sp³-hybridized carbons (Fsp3) is 0.188. The average Bonchev–Trinajstić information content (AvgIpc) is 3.20. The second-order valence-electron chi connectivity index (χ2n) is 5.41. The van der Waals surface area contributed by atoms with Gasteiger partial charge in [0, 0.05) is 22.3 Å². The Labute approximate surface area is 132 Å². The highest BCUT2D eigenvalue weighted by Crippen LogP contribution is 2.42. The molecule has 4 rings (SSSR count). The molecule has 0 bridgehead atoms. The minimum absolute atomic E-state index is 0.500. The summed E-state index contributed by atoms with van der Waals surface area (Å²) >= 11 is 12.4. The third-order valence-corrected chi connectivity index (χ3v) is 4.35. The first-order chi connectivity index (χ1) is 10.1. The SMILES string of the molecule is Nc1ccc(-c2nc3cc(Cl)ccc3n2C2CC2)c(Cl)c1. The number of benzene rings is 2. The Kier molecular flexibility index (Phi) is 2.88. The number of aromatic nitrogens is 2. The number of hydrogen-bond acceptors (Lipinski definition) is 2. The zero-order valence-electron chi connectivity index (χ0n) is 11.2. The molecule has 2 N–H and O–H groups in total. The molecule has 1 fully saturated rings. The summed E-state index contributed by atoms with van der Waals surface area (Å²) in [4.78, 5) is 4.75. The molecule has 1 aromatic heterocycles. The Morgan fingerprint density at radius 3 is 2.62 bits per heavy atom. The second kappa shape index (κ2) is 4.65. The highest BCUT2D eigenvalue weighted by atomic mass is 35.5. The van der Waals surface area contributed by atoms with Crippen LogP contribution in [-0.4, -0.2) is 9.55 Å². The summed E-state index contributed by atoms with van der Waals surface area (Å²) in [6.07, 6.45) is 2.35. The smallest absolute Gasteiger partial charge is 0.142 e. The molecule has 0 aliphatic heterocycles. The van der Waals surface area contributed by atoms with Gasteiger partial charge < -0.3 is 10.3 Å². The highest BCUT2D eigenvalue weighted by Gasteiger charge is 2.29. The first-order valence-electron chi connectivity index (χ1n) is 6.86. The lowest BCUT2D eigenvalue weighted by molar-refractivity contribution is 0.775. The van der Waals surface area contributed by atoms with E-state index < -0.39 is 0 Å². The number of hydrogen-bond donors (Lipinski definition) is 1. The Bertz CT molecular complexity index is 850. The molecule has 106 valence electrons. The average molecular weight is 318 g/mol. The van der Waals surface area contributed by atoms with Gasteiger partial charge in [0.25, 0.3) is 0 Å². The minimum Gasteiger partial charge on any atom is -0.399 e. The number of nitrogens with two attached hydrogens (primary N) is 1. The second-order valence-corrected chi connectivity index (χ2v) is 6.25. The monoisotopic (exact) mass is 317 g/mol. The van der Waals surface area contributed by atoms with E-state index >= 15 is 0 Å². The van der Waals surface area contributed by atoms with Crippen molar-refractivity contribution in [2.24, 2.45) is 0 Å². The van der Waals surface area contributed by atoms with Gasteiger partial charge in [0.2, 0.25) is 0 Å². The predicted octanol–water partition coefficient (Wildman–Crippen LogP) is 4.93. The van der Waals surface area contributed by atoms with E-state index in [1.165, 1.54) is 12.8 Å².